The van der Waals surface area contributed by atoms with Crippen molar-refractivity contribution in [2.24, 2.45) is 5.92 Å². The first-order valence-corrected chi connectivity index (χ1v) is 7.61. The van der Waals surface area contributed by atoms with Crippen molar-refractivity contribution in [1.82, 2.24) is 20.2 Å². The van der Waals surface area contributed by atoms with Gasteiger partial charge in [-0.05, 0) is 5.92 Å². The molecule has 0 atom stereocenters. The molecule has 0 aliphatic carbocycles. The molecule has 0 bridgehead atoms. The van der Waals surface area contributed by atoms with Crippen molar-refractivity contribution in [3.8, 4) is 0 Å². The molecule has 0 saturated heterocycles. The van der Waals surface area contributed by atoms with E-state index in [9.17, 15) is 8.42 Å². The third-order valence-electron chi connectivity index (χ3n) is 2.03. The summed E-state index contributed by atoms with van der Waals surface area (Å²) in [6, 6.07) is 0. The highest BCUT2D eigenvalue weighted by atomic mass is 32.2. The number of anilines is 1. The van der Waals surface area contributed by atoms with E-state index in [2.05, 4.69) is 38.7 Å². The molecule has 2 N–H and O–H groups in total. The number of imidazole rings is 1. The van der Waals surface area contributed by atoms with E-state index in [1.54, 1.807) is 0 Å². The van der Waals surface area contributed by atoms with Crippen LogP contribution < -0.4 is 4.72 Å². The van der Waals surface area contributed by atoms with Gasteiger partial charge in [-0.1, -0.05) is 25.2 Å². The van der Waals surface area contributed by atoms with Crippen LogP contribution in [0.5, 0.6) is 0 Å². The number of nitrogens with zero attached hydrogens (tertiary/aromatic N) is 3. The lowest BCUT2D eigenvalue weighted by molar-refractivity contribution is 0.598. The van der Waals surface area contributed by atoms with E-state index in [0.717, 1.165) is 11.4 Å². The normalized spacial score (nSPS) is 11.9. The maximum atomic E-state index is 11.9. The van der Waals surface area contributed by atoms with Crippen molar-refractivity contribution in [3.63, 3.8) is 0 Å². The minimum atomic E-state index is -3.65. The molecule has 18 heavy (non-hydrogen) atoms. The van der Waals surface area contributed by atoms with E-state index < -0.39 is 10.0 Å². The molecule has 2 aromatic rings. The van der Waals surface area contributed by atoms with Gasteiger partial charge in [-0.15, -0.1) is 10.2 Å². The van der Waals surface area contributed by atoms with Crippen LogP contribution in [0.1, 0.15) is 18.9 Å². The van der Waals surface area contributed by atoms with Crippen LogP contribution in [0.15, 0.2) is 17.6 Å². The largest absolute Gasteiger partial charge is 0.334 e. The van der Waals surface area contributed by atoms with Gasteiger partial charge in [0.05, 0.1) is 12.5 Å². The van der Waals surface area contributed by atoms with Crippen molar-refractivity contribution in [2.45, 2.75) is 25.3 Å². The minimum absolute atomic E-state index is 0.00288. The minimum Gasteiger partial charge on any atom is -0.334 e. The molecule has 0 aliphatic rings. The summed E-state index contributed by atoms with van der Waals surface area (Å²) in [7, 11) is -3.65. The highest BCUT2D eigenvalue weighted by Crippen LogP contribution is 2.20. The Morgan fingerprint density at radius 1 is 1.44 bits per heavy atom. The van der Waals surface area contributed by atoms with Gasteiger partial charge in [0.1, 0.15) is 5.01 Å². The molecule has 0 aromatic carbocycles. The molecule has 2 aromatic heterocycles. The Morgan fingerprint density at radius 3 is 2.83 bits per heavy atom. The summed E-state index contributed by atoms with van der Waals surface area (Å²) in [5, 5.41) is 8.83. The third kappa shape index (κ3) is 3.05. The van der Waals surface area contributed by atoms with Crippen LogP contribution in [0.4, 0.5) is 5.13 Å². The van der Waals surface area contributed by atoms with E-state index in [0.29, 0.717) is 5.92 Å². The zero-order chi connectivity index (χ0) is 13.2. The van der Waals surface area contributed by atoms with Gasteiger partial charge in [-0.25, -0.2) is 4.98 Å². The maximum Gasteiger partial charge on any atom is 0.280 e. The second kappa shape index (κ2) is 5.02. The van der Waals surface area contributed by atoms with E-state index in [-0.39, 0.29) is 10.2 Å². The molecular formula is C9H13N5O2S2. The Kier molecular flexibility index (Phi) is 3.62. The molecular weight excluding hydrogens is 274 g/mol. The number of aromatic amines is 1. The fourth-order valence-corrected chi connectivity index (χ4v) is 3.37. The molecule has 7 nitrogen and oxygen atoms in total. The summed E-state index contributed by atoms with van der Waals surface area (Å²) in [6.45, 7) is 4.13. The van der Waals surface area contributed by atoms with Crippen molar-refractivity contribution in [1.29, 1.82) is 0 Å². The summed E-state index contributed by atoms with van der Waals surface area (Å²) in [5.41, 5.74) is 0. The van der Waals surface area contributed by atoms with E-state index in [1.807, 2.05) is 0 Å². The first-order valence-electron chi connectivity index (χ1n) is 5.31. The summed E-state index contributed by atoms with van der Waals surface area (Å²) < 4.78 is 26.1. The Hall–Kier alpha value is -1.48. The van der Waals surface area contributed by atoms with Gasteiger partial charge in [0.25, 0.3) is 10.0 Å². The summed E-state index contributed by atoms with van der Waals surface area (Å²) in [5.74, 6) is 0.454. The summed E-state index contributed by atoms with van der Waals surface area (Å²) >= 11 is 1.24. The lowest BCUT2D eigenvalue weighted by Crippen LogP contribution is -2.13. The molecule has 0 saturated carbocycles. The first-order chi connectivity index (χ1) is 8.47. The zero-order valence-electron chi connectivity index (χ0n) is 9.91. The van der Waals surface area contributed by atoms with Crippen LogP contribution in [0.3, 0.4) is 0 Å². The van der Waals surface area contributed by atoms with Crippen molar-refractivity contribution in [3.05, 3.63) is 17.5 Å². The number of sulfonamides is 1. The molecule has 0 spiro atoms. The quantitative estimate of drug-likeness (QED) is 0.862. The first kappa shape index (κ1) is 13.0. The molecule has 2 heterocycles. The average molecular weight is 287 g/mol. The number of nitrogens with one attached hydrogen (secondary N) is 2. The molecule has 0 fully saturated rings. The standard InChI is InChI=1S/C9H13N5O2S2/c1-6(2)3-7-12-13-9(17-7)14-18(15,16)8-4-10-5-11-8/h4-6H,3H2,1-2H3,(H,10,11)(H,13,14). The molecule has 0 aliphatic heterocycles. The van der Waals surface area contributed by atoms with Crippen LogP contribution in [0.2, 0.25) is 0 Å². The predicted octanol–water partition coefficient (Wildman–Crippen LogP) is 1.26. The van der Waals surface area contributed by atoms with Gasteiger partial charge in [-0.3, -0.25) is 4.72 Å². The highest BCUT2D eigenvalue weighted by molar-refractivity contribution is 7.92. The summed E-state index contributed by atoms with van der Waals surface area (Å²) in [6.07, 6.45) is 3.32. The topological polar surface area (TPSA) is 101 Å². The van der Waals surface area contributed by atoms with Gasteiger partial charge < -0.3 is 4.98 Å². The van der Waals surface area contributed by atoms with Gasteiger partial charge in [0.2, 0.25) is 5.13 Å². The predicted molar refractivity (Wildman–Crippen MR) is 67.8 cm³/mol. The Morgan fingerprint density at radius 2 is 2.22 bits per heavy atom. The average Bonchev–Trinajstić information content (AvgIpc) is 2.87. The van der Waals surface area contributed by atoms with Gasteiger partial charge in [-0.2, -0.15) is 8.42 Å². The molecule has 98 valence electrons. The maximum absolute atomic E-state index is 11.9. The fraction of sp³-hybridized carbons (Fsp3) is 0.444. The number of H-pyrrole nitrogens is 1. The van der Waals surface area contributed by atoms with Gasteiger partial charge in [0.15, 0.2) is 5.03 Å². The Balaban J connectivity index is 2.12. The van der Waals surface area contributed by atoms with E-state index >= 15 is 0 Å². The third-order valence-corrected chi connectivity index (χ3v) is 4.29. The van der Waals surface area contributed by atoms with Crippen molar-refractivity contribution in [2.75, 3.05) is 4.72 Å². The lowest BCUT2D eigenvalue weighted by atomic mass is 10.1. The Labute approximate surface area is 109 Å². The summed E-state index contributed by atoms with van der Waals surface area (Å²) in [4.78, 5) is 6.20. The fourth-order valence-electron chi connectivity index (χ4n) is 1.29. The number of hydrogen-bond donors (Lipinski definition) is 2. The lowest BCUT2D eigenvalue weighted by Gasteiger charge is -2.00. The monoisotopic (exact) mass is 287 g/mol. The van der Waals surface area contributed by atoms with Crippen LogP contribution >= 0.6 is 11.3 Å². The SMILES string of the molecule is CC(C)Cc1nnc(NS(=O)(=O)c2cnc[nH]2)s1. The van der Waals surface area contributed by atoms with Crippen LogP contribution in [0, 0.1) is 5.92 Å². The smallest absolute Gasteiger partial charge is 0.280 e. The van der Waals surface area contributed by atoms with Crippen molar-refractivity contribution < 1.29 is 8.42 Å². The molecule has 0 amide bonds. The number of hydrogen-bond acceptors (Lipinski definition) is 6. The molecule has 0 radical (unpaired) electrons. The number of rotatable bonds is 5. The molecule has 2 rings (SSSR count). The van der Waals surface area contributed by atoms with Crippen molar-refractivity contribution >= 4 is 26.5 Å². The van der Waals surface area contributed by atoms with E-state index in [4.69, 9.17) is 0 Å². The van der Waals surface area contributed by atoms with Gasteiger partial charge in [0, 0.05) is 6.42 Å². The van der Waals surface area contributed by atoms with Crippen LogP contribution in [-0.2, 0) is 16.4 Å². The second-order valence-electron chi connectivity index (χ2n) is 4.12. The van der Waals surface area contributed by atoms with Gasteiger partial charge >= 0.3 is 0 Å². The van der Waals surface area contributed by atoms with Crippen LogP contribution in [-0.4, -0.2) is 28.6 Å². The molecule has 0 unspecified atom stereocenters. The zero-order valence-corrected chi connectivity index (χ0v) is 11.5. The second-order valence-corrected chi connectivity index (χ2v) is 6.83. The number of aromatic nitrogens is 4. The Bertz CT molecular complexity index is 603. The highest BCUT2D eigenvalue weighted by Gasteiger charge is 2.18. The van der Waals surface area contributed by atoms with Crippen LogP contribution in [0.25, 0.3) is 0 Å². The molecule has 9 heteroatoms. The van der Waals surface area contributed by atoms with E-state index in [1.165, 1.54) is 23.9 Å².